The largest absolute Gasteiger partial charge is 0.342 e. The Balaban J connectivity index is 1.39. The van der Waals surface area contributed by atoms with Gasteiger partial charge in [0.25, 0.3) is 0 Å². The molecule has 1 saturated carbocycles. The topological polar surface area (TPSA) is 26.8 Å². The van der Waals surface area contributed by atoms with Crippen molar-refractivity contribution in [2.45, 2.75) is 43.9 Å². The van der Waals surface area contributed by atoms with Crippen molar-refractivity contribution in [3.8, 4) is 0 Å². The van der Waals surface area contributed by atoms with Crippen molar-refractivity contribution in [3.63, 3.8) is 0 Å². The zero-order valence-electron chi connectivity index (χ0n) is 18.1. The van der Waals surface area contributed by atoms with Crippen LogP contribution >= 0.6 is 0 Å². The molecule has 2 aliphatic carbocycles. The molecule has 1 aromatic rings. The number of nitrogens with zero attached hydrogens (tertiary/aromatic N) is 3. The van der Waals surface area contributed by atoms with Crippen molar-refractivity contribution in [1.82, 2.24) is 14.7 Å². The highest BCUT2D eigenvalue weighted by Gasteiger charge is 2.52. The fourth-order valence-corrected chi connectivity index (χ4v) is 4.98. The van der Waals surface area contributed by atoms with E-state index in [4.69, 9.17) is 0 Å². The predicted octanol–water partition coefficient (Wildman–Crippen LogP) is 3.54. The summed E-state index contributed by atoms with van der Waals surface area (Å²) in [7, 11) is 2.20. The molecule has 158 valence electrons. The maximum Gasteiger partial charge on any atom is 0.233 e. The minimum atomic E-state index is -0.237. The molecular weight excluding hydrogens is 358 g/mol. The van der Waals surface area contributed by atoms with Crippen molar-refractivity contribution in [2.75, 3.05) is 52.9 Å². The van der Waals surface area contributed by atoms with E-state index in [-0.39, 0.29) is 5.41 Å². The lowest BCUT2D eigenvalue weighted by Gasteiger charge is -2.34. The molecule has 0 spiro atoms. The zero-order valence-corrected chi connectivity index (χ0v) is 18.1. The maximum atomic E-state index is 13.7. The first kappa shape index (κ1) is 20.6. The number of amides is 1. The van der Waals surface area contributed by atoms with Crippen LogP contribution in [0, 0.1) is 5.92 Å². The van der Waals surface area contributed by atoms with Gasteiger partial charge in [-0.2, -0.15) is 0 Å². The van der Waals surface area contributed by atoms with Gasteiger partial charge in [0.1, 0.15) is 0 Å². The van der Waals surface area contributed by atoms with Gasteiger partial charge >= 0.3 is 0 Å². The predicted molar refractivity (Wildman–Crippen MR) is 119 cm³/mol. The van der Waals surface area contributed by atoms with Gasteiger partial charge in [0, 0.05) is 39.3 Å². The molecule has 4 rings (SSSR count). The van der Waals surface area contributed by atoms with Crippen LogP contribution in [-0.4, -0.2) is 73.5 Å². The third-order valence-corrected chi connectivity index (χ3v) is 7.13. The fourth-order valence-electron chi connectivity index (χ4n) is 4.98. The van der Waals surface area contributed by atoms with Gasteiger partial charge in [-0.1, -0.05) is 42.5 Å². The van der Waals surface area contributed by atoms with Gasteiger partial charge in [-0.3, -0.25) is 4.79 Å². The number of carbonyl (C=O) groups is 1. The van der Waals surface area contributed by atoms with E-state index in [1.807, 2.05) is 6.07 Å². The summed E-state index contributed by atoms with van der Waals surface area (Å²) < 4.78 is 0. The molecule has 0 aromatic heterocycles. The SMILES string of the molecule is CN1CCN(CCCN(C[C@@H]2CC=CCC2)C(=O)C2(c3ccccc3)CC2)CC1. The highest BCUT2D eigenvalue weighted by molar-refractivity contribution is 5.91. The van der Waals surface area contributed by atoms with E-state index < -0.39 is 0 Å². The Morgan fingerprint density at radius 1 is 1.10 bits per heavy atom. The molecule has 1 saturated heterocycles. The molecule has 3 aliphatic rings. The molecule has 1 atom stereocenters. The number of carbonyl (C=O) groups excluding carboxylic acids is 1. The normalized spacial score (nSPS) is 24.4. The van der Waals surface area contributed by atoms with E-state index in [1.165, 1.54) is 12.0 Å². The Hall–Kier alpha value is -1.65. The highest BCUT2D eigenvalue weighted by Crippen LogP contribution is 2.49. The zero-order chi connectivity index (χ0) is 20.1. The van der Waals surface area contributed by atoms with Crippen molar-refractivity contribution in [1.29, 1.82) is 0 Å². The molecule has 4 heteroatoms. The first-order valence-corrected chi connectivity index (χ1v) is 11.6. The monoisotopic (exact) mass is 395 g/mol. The van der Waals surface area contributed by atoms with Crippen molar-refractivity contribution in [3.05, 3.63) is 48.0 Å². The molecule has 0 unspecified atom stereocenters. The van der Waals surface area contributed by atoms with Gasteiger partial charge < -0.3 is 14.7 Å². The summed E-state index contributed by atoms with van der Waals surface area (Å²) in [6, 6.07) is 10.5. The summed E-state index contributed by atoms with van der Waals surface area (Å²) in [5, 5.41) is 0. The van der Waals surface area contributed by atoms with Gasteiger partial charge in [0.2, 0.25) is 5.91 Å². The number of hydrogen-bond acceptors (Lipinski definition) is 3. The van der Waals surface area contributed by atoms with Crippen molar-refractivity contribution in [2.24, 2.45) is 5.92 Å². The van der Waals surface area contributed by atoms with Crippen LogP contribution in [-0.2, 0) is 10.2 Å². The van der Waals surface area contributed by atoms with Gasteiger partial charge in [0.15, 0.2) is 0 Å². The number of piperazine rings is 1. The number of benzene rings is 1. The molecule has 4 nitrogen and oxygen atoms in total. The lowest BCUT2D eigenvalue weighted by Crippen LogP contribution is -2.46. The van der Waals surface area contributed by atoms with Gasteiger partial charge in [-0.05, 0) is 63.6 Å². The van der Waals surface area contributed by atoms with Crippen LogP contribution in [0.1, 0.15) is 44.1 Å². The van der Waals surface area contributed by atoms with Crippen molar-refractivity contribution < 1.29 is 4.79 Å². The van der Waals surface area contributed by atoms with E-state index in [1.54, 1.807) is 0 Å². The first-order valence-electron chi connectivity index (χ1n) is 11.6. The van der Waals surface area contributed by atoms with Gasteiger partial charge in [-0.25, -0.2) is 0 Å². The second kappa shape index (κ2) is 9.44. The maximum absolute atomic E-state index is 13.7. The quantitative estimate of drug-likeness (QED) is 0.630. The Kier molecular flexibility index (Phi) is 6.71. The van der Waals surface area contributed by atoms with E-state index in [9.17, 15) is 4.79 Å². The summed E-state index contributed by atoms with van der Waals surface area (Å²) in [6.07, 6.45) is 11.2. The highest BCUT2D eigenvalue weighted by atomic mass is 16.2. The summed E-state index contributed by atoms with van der Waals surface area (Å²) in [5.41, 5.74) is 0.984. The molecule has 0 bridgehead atoms. The van der Waals surface area contributed by atoms with Crippen LogP contribution < -0.4 is 0 Å². The molecule has 0 N–H and O–H groups in total. The fraction of sp³-hybridized carbons (Fsp3) is 0.640. The number of likely N-dealkylation sites (N-methyl/N-ethyl adjacent to an activating group) is 1. The van der Waals surface area contributed by atoms with E-state index >= 15 is 0 Å². The lowest BCUT2D eigenvalue weighted by molar-refractivity contribution is -0.134. The minimum Gasteiger partial charge on any atom is -0.342 e. The smallest absolute Gasteiger partial charge is 0.233 e. The average molecular weight is 396 g/mol. The minimum absolute atomic E-state index is 0.237. The number of rotatable bonds is 8. The molecule has 2 fully saturated rings. The van der Waals surface area contributed by atoms with E-state index in [0.29, 0.717) is 11.8 Å². The van der Waals surface area contributed by atoms with Crippen LogP contribution in [0.15, 0.2) is 42.5 Å². The second-order valence-electron chi connectivity index (χ2n) is 9.35. The summed E-state index contributed by atoms with van der Waals surface area (Å²) in [5.74, 6) is 1.01. The molecular formula is C25H37N3O. The Labute approximate surface area is 176 Å². The summed E-state index contributed by atoms with van der Waals surface area (Å²) in [4.78, 5) is 20.9. The van der Waals surface area contributed by atoms with Crippen LogP contribution in [0.5, 0.6) is 0 Å². The third-order valence-electron chi connectivity index (χ3n) is 7.13. The average Bonchev–Trinajstić information content (AvgIpc) is 3.57. The van der Waals surface area contributed by atoms with Crippen LogP contribution in [0.4, 0.5) is 0 Å². The van der Waals surface area contributed by atoms with Crippen LogP contribution in [0.3, 0.4) is 0 Å². The van der Waals surface area contributed by atoms with E-state index in [0.717, 1.165) is 77.9 Å². The molecule has 1 aromatic carbocycles. The second-order valence-corrected chi connectivity index (χ2v) is 9.35. The Bertz CT molecular complexity index is 689. The standard InChI is InChI=1S/C25H37N3O/c1-26-17-19-27(20-18-26)15-8-16-28(21-22-9-4-2-5-10-22)24(29)25(13-14-25)23-11-6-3-7-12-23/h2-4,6-7,11-12,22H,5,8-10,13-21H2,1H3/t22-/m1/s1. The molecule has 1 heterocycles. The van der Waals surface area contributed by atoms with Crippen molar-refractivity contribution >= 4 is 5.91 Å². The summed E-state index contributed by atoms with van der Waals surface area (Å²) >= 11 is 0. The van der Waals surface area contributed by atoms with Gasteiger partial charge in [0.05, 0.1) is 5.41 Å². The first-order chi connectivity index (χ1) is 14.2. The van der Waals surface area contributed by atoms with Gasteiger partial charge in [-0.15, -0.1) is 0 Å². The summed E-state index contributed by atoms with van der Waals surface area (Å²) in [6.45, 7) is 7.58. The molecule has 1 amide bonds. The van der Waals surface area contributed by atoms with E-state index in [2.05, 4.69) is 58.2 Å². The third kappa shape index (κ3) is 5.10. The number of hydrogen-bond donors (Lipinski definition) is 0. The Morgan fingerprint density at radius 3 is 2.52 bits per heavy atom. The molecule has 0 radical (unpaired) electrons. The van der Waals surface area contributed by atoms with Crippen LogP contribution in [0.2, 0.25) is 0 Å². The molecule has 29 heavy (non-hydrogen) atoms. The number of allylic oxidation sites excluding steroid dienone is 2. The molecule has 1 aliphatic heterocycles. The van der Waals surface area contributed by atoms with Crippen LogP contribution in [0.25, 0.3) is 0 Å². The Morgan fingerprint density at radius 2 is 1.86 bits per heavy atom. The lowest BCUT2D eigenvalue weighted by atomic mass is 9.91.